The summed E-state index contributed by atoms with van der Waals surface area (Å²) < 4.78 is 18.8. The van der Waals surface area contributed by atoms with Crippen LogP contribution in [0.5, 0.6) is 0 Å². The third-order valence-electron chi connectivity index (χ3n) is 2.86. The first-order valence-electron chi connectivity index (χ1n) is 6.72. The van der Waals surface area contributed by atoms with Gasteiger partial charge in [-0.15, -0.1) is 0 Å². The second kappa shape index (κ2) is 8.34. The van der Waals surface area contributed by atoms with Crippen molar-refractivity contribution in [2.24, 2.45) is 0 Å². The van der Waals surface area contributed by atoms with Gasteiger partial charge in [-0.3, -0.25) is 0 Å². The van der Waals surface area contributed by atoms with Crippen molar-refractivity contribution < 1.29 is 13.9 Å². The molecule has 0 aliphatic heterocycles. The molecule has 0 saturated carbocycles. The van der Waals surface area contributed by atoms with Crippen LogP contribution in [0.3, 0.4) is 0 Å². The van der Waals surface area contributed by atoms with Crippen LogP contribution < -0.4 is 5.32 Å². The number of nitrogens with one attached hydrogen (secondary N) is 1. The van der Waals surface area contributed by atoms with Gasteiger partial charge in [0.05, 0.1) is 4.47 Å². The molecule has 0 unspecified atom stereocenters. The molecule has 0 atom stereocenters. The Balaban J connectivity index is 1.75. The lowest BCUT2D eigenvalue weighted by Gasteiger charge is -2.05. The maximum absolute atomic E-state index is 13.3. The molecule has 0 aliphatic rings. The van der Waals surface area contributed by atoms with Gasteiger partial charge in [-0.2, -0.15) is 0 Å². The summed E-state index contributed by atoms with van der Waals surface area (Å²) in [6.45, 7) is 0.530. The van der Waals surface area contributed by atoms with Crippen LogP contribution in [-0.4, -0.2) is 12.6 Å². The molecule has 1 amide bonds. The number of rotatable bonds is 5. The van der Waals surface area contributed by atoms with Gasteiger partial charge in [0.2, 0.25) is 0 Å². The molecular formula is C17H15BrFNO2. The number of hydrogen-bond acceptors (Lipinski definition) is 2. The maximum Gasteiger partial charge on any atom is 0.407 e. The summed E-state index contributed by atoms with van der Waals surface area (Å²) in [5.74, 6) is -0.322. The van der Waals surface area contributed by atoms with Crippen LogP contribution in [0.1, 0.15) is 11.1 Å². The molecule has 0 aromatic heterocycles. The van der Waals surface area contributed by atoms with E-state index in [1.54, 1.807) is 24.3 Å². The molecule has 3 nitrogen and oxygen atoms in total. The summed E-state index contributed by atoms with van der Waals surface area (Å²) in [5, 5.41) is 2.60. The van der Waals surface area contributed by atoms with E-state index in [4.69, 9.17) is 4.74 Å². The molecule has 0 radical (unpaired) electrons. The Morgan fingerprint density at radius 1 is 1.18 bits per heavy atom. The number of alkyl carbamates (subject to hydrolysis) is 1. The SMILES string of the molecule is O=C(NCC=Cc1cccc(F)c1Br)OCc1ccccc1. The maximum atomic E-state index is 13.3. The van der Waals surface area contributed by atoms with Gasteiger partial charge in [-0.25, -0.2) is 9.18 Å². The number of amides is 1. The number of ether oxygens (including phenoxy) is 1. The van der Waals surface area contributed by atoms with Crippen LogP contribution in [-0.2, 0) is 11.3 Å². The van der Waals surface area contributed by atoms with E-state index in [0.717, 1.165) is 5.56 Å². The second-order valence-corrected chi connectivity index (χ2v) is 5.28. The van der Waals surface area contributed by atoms with Gasteiger partial charge in [0.1, 0.15) is 12.4 Å². The summed E-state index contributed by atoms with van der Waals surface area (Å²) in [7, 11) is 0. The zero-order valence-electron chi connectivity index (χ0n) is 11.8. The average Bonchev–Trinajstić information content (AvgIpc) is 2.54. The Labute approximate surface area is 136 Å². The van der Waals surface area contributed by atoms with Gasteiger partial charge < -0.3 is 10.1 Å². The summed E-state index contributed by atoms with van der Waals surface area (Å²) in [5.41, 5.74) is 1.64. The fourth-order valence-electron chi connectivity index (χ4n) is 1.75. The highest BCUT2D eigenvalue weighted by molar-refractivity contribution is 9.10. The normalized spacial score (nSPS) is 10.6. The fraction of sp³-hybridized carbons (Fsp3) is 0.118. The number of benzene rings is 2. The van der Waals surface area contributed by atoms with E-state index in [1.165, 1.54) is 6.07 Å². The van der Waals surface area contributed by atoms with Gasteiger partial charge >= 0.3 is 6.09 Å². The first-order valence-corrected chi connectivity index (χ1v) is 7.51. The zero-order chi connectivity index (χ0) is 15.8. The van der Waals surface area contributed by atoms with Crippen molar-refractivity contribution in [2.45, 2.75) is 6.61 Å². The Morgan fingerprint density at radius 3 is 2.73 bits per heavy atom. The second-order valence-electron chi connectivity index (χ2n) is 4.49. The van der Waals surface area contributed by atoms with Crippen LogP contribution in [0, 0.1) is 5.82 Å². The van der Waals surface area contributed by atoms with Gasteiger partial charge in [-0.05, 0) is 33.1 Å². The molecule has 22 heavy (non-hydrogen) atoms. The highest BCUT2D eigenvalue weighted by Crippen LogP contribution is 2.21. The molecule has 0 spiro atoms. The predicted octanol–water partition coefficient (Wildman–Crippen LogP) is 4.53. The number of carbonyl (C=O) groups excluding carboxylic acids is 1. The lowest BCUT2D eigenvalue weighted by atomic mass is 10.2. The van der Waals surface area contributed by atoms with Crippen molar-refractivity contribution in [1.82, 2.24) is 5.32 Å². The average molecular weight is 364 g/mol. The molecule has 2 rings (SSSR count). The molecule has 114 valence electrons. The zero-order valence-corrected chi connectivity index (χ0v) is 13.3. The predicted molar refractivity (Wildman–Crippen MR) is 87.8 cm³/mol. The largest absolute Gasteiger partial charge is 0.445 e. The molecule has 5 heteroatoms. The van der Waals surface area contributed by atoms with Crippen molar-refractivity contribution in [3.8, 4) is 0 Å². The molecule has 1 N–H and O–H groups in total. The van der Waals surface area contributed by atoms with E-state index in [1.807, 2.05) is 30.3 Å². The van der Waals surface area contributed by atoms with E-state index < -0.39 is 6.09 Å². The van der Waals surface area contributed by atoms with Gasteiger partial charge in [-0.1, -0.05) is 54.6 Å². The first kappa shape index (κ1) is 16.2. The van der Waals surface area contributed by atoms with Crippen molar-refractivity contribution in [1.29, 1.82) is 0 Å². The highest BCUT2D eigenvalue weighted by Gasteiger charge is 2.02. The van der Waals surface area contributed by atoms with E-state index in [9.17, 15) is 9.18 Å². The third-order valence-corrected chi connectivity index (χ3v) is 3.69. The quantitative estimate of drug-likeness (QED) is 0.847. The summed E-state index contributed by atoms with van der Waals surface area (Å²) in [6.07, 6.45) is 2.96. The molecule has 0 aliphatic carbocycles. The van der Waals surface area contributed by atoms with Crippen LogP contribution in [0.4, 0.5) is 9.18 Å². The van der Waals surface area contributed by atoms with Crippen molar-refractivity contribution in [3.05, 3.63) is 76.0 Å². The molecule has 2 aromatic rings. The topological polar surface area (TPSA) is 38.3 Å². The molecule has 0 fully saturated rings. The minimum Gasteiger partial charge on any atom is -0.445 e. The Bertz CT molecular complexity index is 659. The highest BCUT2D eigenvalue weighted by atomic mass is 79.9. The summed E-state index contributed by atoms with van der Waals surface area (Å²) in [6, 6.07) is 14.2. The van der Waals surface area contributed by atoms with E-state index in [2.05, 4.69) is 21.2 Å². The monoisotopic (exact) mass is 363 g/mol. The molecule has 0 heterocycles. The molecule has 2 aromatic carbocycles. The number of carbonyl (C=O) groups is 1. The minimum atomic E-state index is -0.494. The van der Waals surface area contributed by atoms with E-state index >= 15 is 0 Å². The van der Waals surface area contributed by atoms with Crippen LogP contribution in [0.15, 0.2) is 59.1 Å². The minimum absolute atomic E-state index is 0.228. The van der Waals surface area contributed by atoms with Gasteiger partial charge in [0.25, 0.3) is 0 Å². The number of halogens is 2. The van der Waals surface area contributed by atoms with E-state index in [0.29, 0.717) is 16.6 Å². The molecule has 0 bridgehead atoms. The summed E-state index contributed by atoms with van der Waals surface area (Å²) >= 11 is 3.17. The van der Waals surface area contributed by atoms with Crippen molar-refractivity contribution in [2.75, 3.05) is 6.54 Å². The summed E-state index contributed by atoms with van der Waals surface area (Å²) in [4.78, 5) is 11.5. The van der Waals surface area contributed by atoms with Crippen molar-refractivity contribution in [3.63, 3.8) is 0 Å². The Kier molecular flexibility index (Phi) is 6.15. The van der Waals surface area contributed by atoms with Gasteiger partial charge in [0.15, 0.2) is 0 Å². The van der Waals surface area contributed by atoms with Crippen LogP contribution in [0.25, 0.3) is 6.08 Å². The standard InChI is InChI=1S/C17H15BrFNO2/c18-16-14(8-4-10-15(16)19)9-5-11-20-17(21)22-12-13-6-2-1-3-7-13/h1-10H,11-12H2,(H,20,21). The first-order chi connectivity index (χ1) is 10.7. The molecule has 0 saturated heterocycles. The van der Waals surface area contributed by atoms with Crippen LogP contribution in [0.2, 0.25) is 0 Å². The molecular weight excluding hydrogens is 349 g/mol. The Morgan fingerprint density at radius 2 is 1.95 bits per heavy atom. The number of hydrogen-bond donors (Lipinski definition) is 1. The van der Waals surface area contributed by atoms with Gasteiger partial charge in [0, 0.05) is 6.54 Å². The fourth-order valence-corrected chi connectivity index (χ4v) is 2.15. The van der Waals surface area contributed by atoms with Crippen molar-refractivity contribution >= 4 is 28.1 Å². The lowest BCUT2D eigenvalue weighted by molar-refractivity contribution is 0.141. The van der Waals surface area contributed by atoms with E-state index in [-0.39, 0.29) is 12.4 Å². The lowest BCUT2D eigenvalue weighted by Crippen LogP contribution is -2.24. The Hall–Kier alpha value is -2.14. The third kappa shape index (κ3) is 5.00. The van der Waals surface area contributed by atoms with Crippen LogP contribution >= 0.6 is 15.9 Å². The smallest absolute Gasteiger partial charge is 0.407 e.